The Morgan fingerprint density at radius 1 is 1.12 bits per heavy atom. The van der Waals surface area contributed by atoms with E-state index in [1.54, 1.807) is 36.4 Å². The van der Waals surface area contributed by atoms with Crippen LogP contribution in [-0.4, -0.2) is 67.9 Å². The maximum absolute atomic E-state index is 13.5. The van der Waals surface area contributed by atoms with Crippen molar-refractivity contribution in [2.45, 2.75) is 52.4 Å². The Morgan fingerprint density at radius 3 is 2.51 bits per heavy atom. The van der Waals surface area contributed by atoms with E-state index < -0.39 is 12.7 Å². The van der Waals surface area contributed by atoms with Gasteiger partial charge in [0.25, 0.3) is 5.91 Å². The van der Waals surface area contributed by atoms with E-state index in [0.29, 0.717) is 34.8 Å². The first-order valence-electron chi connectivity index (χ1n) is 14.0. The summed E-state index contributed by atoms with van der Waals surface area (Å²) in [4.78, 5) is 14.5. The number of ether oxygens (including phenoxy) is 1. The normalized spacial score (nSPS) is 14.0. The zero-order chi connectivity index (χ0) is 30.0. The molecule has 2 aromatic carbocycles. The van der Waals surface area contributed by atoms with Crippen LogP contribution in [0, 0.1) is 11.8 Å². The number of methoxy groups -OCH3 is 1. The van der Waals surface area contributed by atoms with Crippen LogP contribution in [0.5, 0.6) is 5.75 Å². The number of fused-ring (bicyclic) bond motifs is 1. The third-order valence-electron chi connectivity index (χ3n) is 6.74. The fourth-order valence-electron chi connectivity index (χ4n) is 4.76. The van der Waals surface area contributed by atoms with Crippen molar-refractivity contribution in [3.05, 3.63) is 53.7 Å². The largest absolute Gasteiger partial charge is 0.496 e. The van der Waals surface area contributed by atoms with Gasteiger partial charge in [-0.05, 0) is 76.2 Å². The van der Waals surface area contributed by atoms with Gasteiger partial charge in [-0.3, -0.25) is 4.79 Å². The number of anilines is 2. The quantitative estimate of drug-likeness (QED) is 0.291. The van der Waals surface area contributed by atoms with Crippen LogP contribution in [-0.2, 0) is 6.54 Å². The van der Waals surface area contributed by atoms with Crippen molar-refractivity contribution in [1.29, 1.82) is 0 Å². The Balaban J connectivity index is 0.00000226. The SMILES string of the molecule is CC.CCNC(=O)c1ccc(NCC#Cc2cc3c(NC4CCN(C)CC4)cccc3n2CC(F)(F)F)cc1OC. The lowest BCUT2D eigenvalue weighted by Gasteiger charge is -2.30. The molecule has 1 aliphatic heterocycles. The van der Waals surface area contributed by atoms with Gasteiger partial charge in [-0.1, -0.05) is 25.8 Å². The molecule has 1 amide bonds. The molecule has 2 heterocycles. The van der Waals surface area contributed by atoms with Gasteiger partial charge in [0.2, 0.25) is 0 Å². The van der Waals surface area contributed by atoms with Gasteiger partial charge in [0.05, 0.1) is 30.4 Å². The molecule has 41 heavy (non-hydrogen) atoms. The Morgan fingerprint density at radius 2 is 1.85 bits per heavy atom. The van der Waals surface area contributed by atoms with E-state index in [0.717, 1.165) is 37.0 Å². The van der Waals surface area contributed by atoms with E-state index >= 15 is 0 Å². The summed E-state index contributed by atoms with van der Waals surface area (Å²) in [5.74, 6) is 6.05. The Kier molecular flexibility index (Phi) is 11.4. The van der Waals surface area contributed by atoms with Crippen LogP contribution < -0.4 is 20.7 Å². The van der Waals surface area contributed by atoms with Crippen molar-refractivity contribution in [1.82, 2.24) is 14.8 Å². The maximum Gasteiger partial charge on any atom is 0.406 e. The van der Waals surface area contributed by atoms with Gasteiger partial charge >= 0.3 is 6.18 Å². The van der Waals surface area contributed by atoms with Gasteiger partial charge < -0.3 is 30.2 Å². The van der Waals surface area contributed by atoms with Crippen molar-refractivity contribution < 1.29 is 22.7 Å². The van der Waals surface area contributed by atoms with E-state index in [-0.39, 0.29) is 18.5 Å². The van der Waals surface area contributed by atoms with Gasteiger partial charge in [0.1, 0.15) is 12.3 Å². The number of nitrogens with one attached hydrogen (secondary N) is 3. The first kappa shape index (κ1) is 31.7. The van der Waals surface area contributed by atoms with E-state index in [1.807, 2.05) is 26.8 Å². The molecule has 0 unspecified atom stereocenters. The molecule has 1 aromatic heterocycles. The number of piperidine rings is 1. The van der Waals surface area contributed by atoms with Crippen molar-refractivity contribution >= 4 is 28.2 Å². The lowest BCUT2D eigenvalue weighted by Crippen LogP contribution is -2.36. The molecule has 4 rings (SSSR count). The summed E-state index contributed by atoms with van der Waals surface area (Å²) < 4.78 is 47.1. The third-order valence-corrected chi connectivity index (χ3v) is 6.74. The van der Waals surface area contributed by atoms with Crippen LogP contribution in [0.25, 0.3) is 10.9 Å². The lowest BCUT2D eigenvalue weighted by molar-refractivity contribution is -0.140. The number of aromatic nitrogens is 1. The molecular formula is C31H40F3N5O2. The fourth-order valence-corrected chi connectivity index (χ4v) is 4.76. The number of carbonyl (C=O) groups excluding carboxylic acids is 1. The third kappa shape index (κ3) is 8.57. The average Bonchev–Trinajstić information content (AvgIpc) is 3.30. The first-order valence-corrected chi connectivity index (χ1v) is 14.0. The maximum atomic E-state index is 13.5. The Hall–Kier alpha value is -3.84. The number of hydrogen-bond acceptors (Lipinski definition) is 5. The fraction of sp³-hybridized carbons (Fsp3) is 0.452. The molecule has 1 saturated heterocycles. The highest BCUT2D eigenvalue weighted by atomic mass is 19.4. The number of carbonyl (C=O) groups is 1. The molecular weight excluding hydrogens is 531 g/mol. The summed E-state index contributed by atoms with van der Waals surface area (Å²) >= 11 is 0. The molecule has 0 atom stereocenters. The molecule has 0 spiro atoms. The van der Waals surface area contributed by atoms with Gasteiger partial charge in [-0.15, -0.1) is 0 Å². The second kappa shape index (κ2) is 14.7. The average molecular weight is 572 g/mol. The molecule has 0 aliphatic carbocycles. The summed E-state index contributed by atoms with van der Waals surface area (Å²) in [7, 11) is 3.57. The molecule has 3 aromatic rings. The van der Waals surface area contributed by atoms with Crippen LogP contribution in [0.2, 0.25) is 0 Å². The lowest BCUT2D eigenvalue weighted by atomic mass is 10.0. The van der Waals surface area contributed by atoms with Gasteiger partial charge in [0.15, 0.2) is 0 Å². The monoisotopic (exact) mass is 571 g/mol. The van der Waals surface area contributed by atoms with Crippen molar-refractivity contribution in [2.75, 3.05) is 51.0 Å². The van der Waals surface area contributed by atoms with Crippen LogP contribution in [0.1, 0.15) is 49.7 Å². The number of nitrogens with zero attached hydrogens (tertiary/aromatic N) is 2. The van der Waals surface area contributed by atoms with Gasteiger partial charge in [-0.25, -0.2) is 0 Å². The summed E-state index contributed by atoms with van der Waals surface area (Å²) in [6.07, 6.45) is -2.44. The first-order chi connectivity index (χ1) is 19.7. The van der Waals surface area contributed by atoms with Crippen molar-refractivity contribution in [3.63, 3.8) is 0 Å². The summed E-state index contributed by atoms with van der Waals surface area (Å²) in [6.45, 7) is 7.36. The predicted octanol–water partition coefficient (Wildman–Crippen LogP) is 5.96. The number of hydrogen-bond donors (Lipinski definition) is 3. The van der Waals surface area contributed by atoms with Crippen LogP contribution in [0.3, 0.4) is 0 Å². The number of benzene rings is 2. The highest BCUT2D eigenvalue weighted by Gasteiger charge is 2.30. The highest BCUT2D eigenvalue weighted by Crippen LogP contribution is 2.31. The molecule has 7 nitrogen and oxygen atoms in total. The minimum absolute atomic E-state index is 0.192. The summed E-state index contributed by atoms with van der Waals surface area (Å²) in [6, 6.07) is 12.5. The molecule has 10 heteroatoms. The van der Waals surface area contributed by atoms with E-state index in [1.165, 1.54) is 11.7 Å². The number of likely N-dealkylation sites (tertiary alicyclic amines) is 1. The standard InChI is InChI=1S/C29H34F3N5O2.C2H6/c1-4-33-28(38)23-11-10-21(17-27(23)39-3)34-14-6-7-22-18-24-25(35-20-12-15-36(2)16-13-20)8-5-9-26(24)37(22)19-29(30,31)32;1-2/h5,8-11,17-18,20,34-35H,4,12-16,19H2,1-3H3,(H,33,38);1-2H3. The number of halogens is 3. The van der Waals surface area contributed by atoms with E-state index in [9.17, 15) is 18.0 Å². The minimum Gasteiger partial charge on any atom is -0.496 e. The second-order valence-electron chi connectivity index (χ2n) is 9.62. The summed E-state index contributed by atoms with van der Waals surface area (Å²) in [5.41, 5.74) is 2.70. The molecule has 1 aliphatic rings. The molecule has 0 bridgehead atoms. The molecule has 3 N–H and O–H groups in total. The zero-order valence-corrected chi connectivity index (χ0v) is 24.4. The van der Waals surface area contributed by atoms with Crippen molar-refractivity contribution in [3.8, 4) is 17.6 Å². The Labute approximate surface area is 240 Å². The zero-order valence-electron chi connectivity index (χ0n) is 24.4. The molecule has 0 radical (unpaired) electrons. The van der Waals surface area contributed by atoms with Crippen LogP contribution in [0.4, 0.5) is 24.5 Å². The minimum atomic E-state index is -4.39. The molecule has 0 saturated carbocycles. The number of amides is 1. The summed E-state index contributed by atoms with van der Waals surface area (Å²) in [5, 5.41) is 10.1. The van der Waals surface area contributed by atoms with Gasteiger partial charge in [-0.2, -0.15) is 13.2 Å². The number of rotatable bonds is 8. The second-order valence-corrected chi connectivity index (χ2v) is 9.62. The predicted molar refractivity (Wildman–Crippen MR) is 160 cm³/mol. The van der Waals surface area contributed by atoms with Crippen molar-refractivity contribution in [2.24, 2.45) is 0 Å². The van der Waals surface area contributed by atoms with Gasteiger partial charge in [0, 0.05) is 35.4 Å². The van der Waals surface area contributed by atoms with E-state index in [4.69, 9.17) is 4.74 Å². The smallest absolute Gasteiger partial charge is 0.406 e. The van der Waals surface area contributed by atoms with E-state index in [2.05, 4.69) is 39.7 Å². The Bertz CT molecular complexity index is 1370. The highest BCUT2D eigenvalue weighted by molar-refractivity contribution is 5.97. The molecule has 222 valence electrons. The van der Waals surface area contributed by atoms with Crippen LogP contribution in [0.15, 0.2) is 42.5 Å². The topological polar surface area (TPSA) is 70.6 Å². The molecule has 1 fully saturated rings. The van der Waals surface area contributed by atoms with Crippen LogP contribution >= 0.6 is 0 Å². The number of alkyl halides is 3.